The molecule has 0 aliphatic carbocycles. The van der Waals surface area contributed by atoms with Crippen molar-refractivity contribution in [3.05, 3.63) is 28.5 Å². The molecule has 0 aromatic carbocycles. The first-order valence-electron chi connectivity index (χ1n) is 5.13. The number of thiophene rings is 1. The highest BCUT2D eigenvalue weighted by Crippen LogP contribution is 2.17. The molecule has 0 unspecified atom stereocenters. The van der Waals surface area contributed by atoms with Gasteiger partial charge in [0.25, 0.3) is 0 Å². The van der Waals surface area contributed by atoms with Gasteiger partial charge in [-0.05, 0) is 17.5 Å². The Labute approximate surface area is 111 Å². The summed E-state index contributed by atoms with van der Waals surface area (Å²) in [4.78, 5) is 23.3. The number of nitrogens with two attached hydrogens (primary N) is 1. The largest absolute Gasteiger partial charge is 0.406 e. The third-order valence-corrected chi connectivity index (χ3v) is 2.80. The molecule has 1 rings (SSSR count). The monoisotopic (exact) mass is 292 g/mol. The molecule has 8 heteroatoms. The number of carbonyl (C=O) groups is 2. The summed E-state index contributed by atoms with van der Waals surface area (Å²) in [5.41, 5.74) is 4.82. The minimum atomic E-state index is -4.58. The first-order valence-corrected chi connectivity index (χ1v) is 6.01. The number of rotatable bonds is 5. The molecule has 0 fully saturated rings. The first-order chi connectivity index (χ1) is 8.78. The van der Waals surface area contributed by atoms with Gasteiger partial charge < -0.3 is 10.6 Å². The Bertz CT molecular complexity index is 469. The summed E-state index contributed by atoms with van der Waals surface area (Å²) in [5, 5.41) is 1.76. The maximum atomic E-state index is 12.3. The zero-order valence-electron chi connectivity index (χ0n) is 9.68. The minimum Gasteiger partial charge on any atom is -0.368 e. The standard InChI is InChI=1S/C11H11F3N2O2S/c12-11(13,14)7-16(6-9(15)17)10(18)4-3-8-2-1-5-19-8/h1-5H,6-7H2,(H2,15,17)/b4-3+. The van der Waals surface area contributed by atoms with Gasteiger partial charge in [0.15, 0.2) is 0 Å². The van der Waals surface area contributed by atoms with Gasteiger partial charge in [-0.25, -0.2) is 0 Å². The Morgan fingerprint density at radius 2 is 2.11 bits per heavy atom. The van der Waals surface area contributed by atoms with Crippen LogP contribution in [0.25, 0.3) is 6.08 Å². The van der Waals surface area contributed by atoms with Gasteiger partial charge in [-0.3, -0.25) is 9.59 Å². The molecule has 104 valence electrons. The summed E-state index contributed by atoms with van der Waals surface area (Å²) < 4.78 is 36.8. The minimum absolute atomic E-state index is 0.354. The third-order valence-electron chi connectivity index (χ3n) is 1.96. The van der Waals surface area contributed by atoms with Gasteiger partial charge in [0, 0.05) is 11.0 Å². The van der Waals surface area contributed by atoms with E-state index >= 15 is 0 Å². The highest BCUT2D eigenvalue weighted by Gasteiger charge is 2.32. The zero-order valence-corrected chi connectivity index (χ0v) is 10.5. The number of hydrogen-bond donors (Lipinski definition) is 1. The fraction of sp³-hybridized carbons (Fsp3) is 0.273. The van der Waals surface area contributed by atoms with E-state index in [4.69, 9.17) is 5.73 Å². The average Bonchev–Trinajstić information content (AvgIpc) is 2.75. The molecule has 2 N–H and O–H groups in total. The number of amides is 2. The Morgan fingerprint density at radius 3 is 2.58 bits per heavy atom. The van der Waals surface area contributed by atoms with Crippen LogP contribution in [0.3, 0.4) is 0 Å². The van der Waals surface area contributed by atoms with Crippen LogP contribution in [-0.2, 0) is 9.59 Å². The number of halogens is 3. The maximum absolute atomic E-state index is 12.3. The van der Waals surface area contributed by atoms with Crippen LogP contribution in [0.4, 0.5) is 13.2 Å². The predicted octanol–water partition coefficient (Wildman–Crippen LogP) is 1.64. The van der Waals surface area contributed by atoms with E-state index in [0.717, 1.165) is 11.0 Å². The molecule has 0 radical (unpaired) electrons. The SMILES string of the molecule is NC(=O)CN(CC(F)(F)F)C(=O)/C=C/c1cccs1. The van der Waals surface area contributed by atoms with E-state index in [1.54, 1.807) is 17.5 Å². The maximum Gasteiger partial charge on any atom is 0.406 e. The van der Waals surface area contributed by atoms with Crippen LogP contribution in [0.2, 0.25) is 0 Å². The number of carbonyl (C=O) groups excluding carboxylic acids is 2. The van der Waals surface area contributed by atoms with E-state index < -0.39 is 31.1 Å². The smallest absolute Gasteiger partial charge is 0.368 e. The molecule has 0 spiro atoms. The van der Waals surface area contributed by atoms with Crippen molar-refractivity contribution in [2.24, 2.45) is 5.73 Å². The van der Waals surface area contributed by atoms with Gasteiger partial charge in [-0.2, -0.15) is 13.2 Å². The van der Waals surface area contributed by atoms with E-state index in [2.05, 4.69) is 0 Å². The molecule has 0 saturated heterocycles. The number of primary amides is 1. The van der Waals surface area contributed by atoms with Crippen LogP contribution in [0, 0.1) is 0 Å². The van der Waals surface area contributed by atoms with Gasteiger partial charge in [-0.15, -0.1) is 11.3 Å². The Balaban J connectivity index is 2.73. The summed E-state index contributed by atoms with van der Waals surface area (Å²) >= 11 is 1.33. The fourth-order valence-corrected chi connectivity index (χ4v) is 1.88. The number of hydrogen-bond acceptors (Lipinski definition) is 3. The molecule has 0 saturated carbocycles. The molecule has 1 aromatic heterocycles. The van der Waals surface area contributed by atoms with Crippen molar-refractivity contribution in [2.75, 3.05) is 13.1 Å². The van der Waals surface area contributed by atoms with Crippen molar-refractivity contribution in [1.82, 2.24) is 4.90 Å². The van der Waals surface area contributed by atoms with Crippen molar-refractivity contribution in [3.63, 3.8) is 0 Å². The zero-order chi connectivity index (χ0) is 14.5. The first kappa shape index (κ1) is 15.2. The van der Waals surface area contributed by atoms with Crippen molar-refractivity contribution in [3.8, 4) is 0 Å². The lowest BCUT2D eigenvalue weighted by atomic mass is 10.3. The summed E-state index contributed by atoms with van der Waals surface area (Å²) in [5.74, 6) is -1.91. The Kier molecular flexibility index (Phi) is 5.11. The number of nitrogens with zero attached hydrogens (tertiary/aromatic N) is 1. The van der Waals surface area contributed by atoms with Crippen molar-refractivity contribution >= 4 is 29.2 Å². The van der Waals surface area contributed by atoms with E-state index in [9.17, 15) is 22.8 Å². The summed E-state index contributed by atoms with van der Waals surface area (Å²) in [6, 6.07) is 3.45. The molecule has 0 aliphatic heterocycles. The van der Waals surface area contributed by atoms with Crippen LogP contribution in [0.15, 0.2) is 23.6 Å². The topological polar surface area (TPSA) is 63.4 Å². The predicted molar refractivity (Wildman–Crippen MR) is 65.2 cm³/mol. The average molecular weight is 292 g/mol. The molecule has 2 amide bonds. The lowest BCUT2D eigenvalue weighted by molar-refractivity contribution is -0.159. The molecule has 0 atom stereocenters. The molecular formula is C11H11F3N2O2S. The highest BCUT2D eigenvalue weighted by molar-refractivity contribution is 7.10. The fourth-order valence-electron chi connectivity index (χ4n) is 1.26. The second-order valence-corrected chi connectivity index (χ2v) is 4.60. The van der Waals surface area contributed by atoms with Crippen molar-refractivity contribution in [1.29, 1.82) is 0 Å². The normalized spacial score (nSPS) is 11.7. The number of alkyl halides is 3. The summed E-state index contributed by atoms with van der Waals surface area (Å²) in [7, 11) is 0. The van der Waals surface area contributed by atoms with Crippen LogP contribution < -0.4 is 5.73 Å². The van der Waals surface area contributed by atoms with Crippen molar-refractivity contribution in [2.45, 2.75) is 6.18 Å². The van der Waals surface area contributed by atoms with Crippen LogP contribution >= 0.6 is 11.3 Å². The molecule has 0 aliphatic rings. The van der Waals surface area contributed by atoms with Crippen molar-refractivity contribution < 1.29 is 22.8 Å². The second kappa shape index (κ2) is 6.37. The van der Waals surface area contributed by atoms with Crippen LogP contribution in [0.1, 0.15) is 4.88 Å². The molecule has 19 heavy (non-hydrogen) atoms. The quantitative estimate of drug-likeness (QED) is 0.839. The van der Waals surface area contributed by atoms with Crippen LogP contribution in [0.5, 0.6) is 0 Å². The van der Waals surface area contributed by atoms with E-state index in [0.29, 0.717) is 4.90 Å². The Morgan fingerprint density at radius 1 is 1.42 bits per heavy atom. The van der Waals surface area contributed by atoms with Gasteiger partial charge in [0.05, 0.1) is 6.54 Å². The highest BCUT2D eigenvalue weighted by atomic mass is 32.1. The lowest BCUT2D eigenvalue weighted by Gasteiger charge is -2.20. The second-order valence-electron chi connectivity index (χ2n) is 3.62. The van der Waals surface area contributed by atoms with Gasteiger partial charge in [-0.1, -0.05) is 6.07 Å². The molecule has 0 bridgehead atoms. The van der Waals surface area contributed by atoms with E-state index in [1.807, 2.05) is 0 Å². The molecule has 4 nitrogen and oxygen atoms in total. The summed E-state index contributed by atoms with van der Waals surface area (Å²) in [6.07, 6.45) is -2.21. The van der Waals surface area contributed by atoms with Gasteiger partial charge >= 0.3 is 6.18 Å². The summed E-state index contributed by atoms with van der Waals surface area (Å²) in [6.45, 7) is -2.28. The van der Waals surface area contributed by atoms with E-state index in [1.165, 1.54) is 17.4 Å². The van der Waals surface area contributed by atoms with E-state index in [-0.39, 0.29) is 0 Å². The lowest BCUT2D eigenvalue weighted by Crippen LogP contribution is -2.43. The Hall–Kier alpha value is -1.83. The van der Waals surface area contributed by atoms with Crippen LogP contribution in [-0.4, -0.2) is 36.0 Å². The molecular weight excluding hydrogens is 281 g/mol. The van der Waals surface area contributed by atoms with Gasteiger partial charge in [0.2, 0.25) is 11.8 Å². The molecule has 1 heterocycles. The molecule has 1 aromatic rings. The van der Waals surface area contributed by atoms with Gasteiger partial charge in [0.1, 0.15) is 6.54 Å². The third kappa shape index (κ3) is 6.05.